The first-order valence-corrected chi connectivity index (χ1v) is 6.51. The van der Waals surface area contributed by atoms with Crippen LogP contribution in [0.3, 0.4) is 0 Å². The molecule has 20 heavy (non-hydrogen) atoms. The molecule has 0 aromatic heterocycles. The fourth-order valence-electron chi connectivity index (χ4n) is 1.76. The number of halogens is 3. The van der Waals surface area contributed by atoms with Gasteiger partial charge in [0, 0.05) is 23.2 Å². The van der Waals surface area contributed by atoms with Crippen LogP contribution in [0.15, 0.2) is 30.3 Å². The molecule has 0 aliphatic heterocycles. The zero-order valence-electron chi connectivity index (χ0n) is 10.6. The molecule has 2 N–H and O–H groups in total. The summed E-state index contributed by atoms with van der Waals surface area (Å²) in [7, 11) is 1.45. The first-order valence-electron chi connectivity index (χ1n) is 5.75. The molecular formula is C14H12Cl2FNO2. The summed E-state index contributed by atoms with van der Waals surface area (Å²) in [6.07, 6.45) is 0. The van der Waals surface area contributed by atoms with Crippen molar-refractivity contribution >= 4 is 28.9 Å². The molecule has 0 spiro atoms. The normalized spacial score (nSPS) is 10.4. The van der Waals surface area contributed by atoms with Crippen LogP contribution in [0.1, 0.15) is 5.56 Å². The maximum Gasteiger partial charge on any atom is 0.144 e. The van der Waals surface area contributed by atoms with E-state index in [1.54, 1.807) is 12.1 Å². The monoisotopic (exact) mass is 315 g/mol. The number of hydrogen-bond donors (Lipinski definition) is 2. The molecule has 0 amide bonds. The number of nitrogens with one attached hydrogen (secondary N) is 1. The fraction of sp³-hybridized carbons (Fsp3) is 0.143. The molecule has 2 rings (SSSR count). The molecule has 106 valence electrons. The highest BCUT2D eigenvalue weighted by Crippen LogP contribution is 2.32. The van der Waals surface area contributed by atoms with Gasteiger partial charge in [-0.15, -0.1) is 0 Å². The Kier molecular flexibility index (Phi) is 4.57. The van der Waals surface area contributed by atoms with Crippen LogP contribution in [0.5, 0.6) is 11.5 Å². The van der Waals surface area contributed by atoms with Crippen molar-refractivity contribution in [2.45, 2.75) is 6.54 Å². The lowest BCUT2D eigenvalue weighted by atomic mass is 10.2. The van der Waals surface area contributed by atoms with Gasteiger partial charge in [-0.3, -0.25) is 0 Å². The van der Waals surface area contributed by atoms with Gasteiger partial charge in [-0.05, 0) is 24.3 Å². The van der Waals surface area contributed by atoms with Crippen molar-refractivity contribution in [1.29, 1.82) is 0 Å². The number of hydrogen-bond acceptors (Lipinski definition) is 3. The van der Waals surface area contributed by atoms with Crippen LogP contribution in [-0.2, 0) is 6.54 Å². The first-order chi connectivity index (χ1) is 9.51. The number of rotatable bonds is 4. The molecule has 0 atom stereocenters. The van der Waals surface area contributed by atoms with Gasteiger partial charge in [0.2, 0.25) is 0 Å². The van der Waals surface area contributed by atoms with Crippen molar-refractivity contribution in [3.8, 4) is 11.5 Å². The SMILES string of the molecule is COc1cc(F)ccc1NCc1cc(Cl)cc(Cl)c1O. The second kappa shape index (κ2) is 6.20. The Morgan fingerprint density at radius 3 is 2.70 bits per heavy atom. The van der Waals surface area contributed by atoms with Gasteiger partial charge < -0.3 is 15.2 Å². The molecule has 0 radical (unpaired) electrons. The maximum atomic E-state index is 13.1. The van der Waals surface area contributed by atoms with Gasteiger partial charge in [-0.25, -0.2) is 4.39 Å². The third-order valence-corrected chi connectivity index (χ3v) is 3.25. The van der Waals surface area contributed by atoms with E-state index in [9.17, 15) is 9.50 Å². The highest BCUT2D eigenvalue weighted by Gasteiger charge is 2.09. The average Bonchev–Trinajstić information content (AvgIpc) is 2.42. The molecular weight excluding hydrogens is 304 g/mol. The quantitative estimate of drug-likeness (QED) is 0.875. The molecule has 0 aliphatic rings. The minimum absolute atomic E-state index is 0.0374. The van der Waals surface area contributed by atoms with E-state index < -0.39 is 0 Å². The van der Waals surface area contributed by atoms with Crippen molar-refractivity contribution < 1.29 is 14.2 Å². The second-order valence-electron chi connectivity index (χ2n) is 4.09. The summed E-state index contributed by atoms with van der Waals surface area (Å²) in [5.41, 5.74) is 1.14. The number of benzene rings is 2. The largest absolute Gasteiger partial charge is 0.506 e. The second-order valence-corrected chi connectivity index (χ2v) is 4.94. The molecule has 0 saturated heterocycles. The summed E-state index contributed by atoms with van der Waals surface area (Å²) in [5.74, 6) is -0.0525. The standard InChI is InChI=1S/C14H12Cl2FNO2/c1-20-13-6-10(17)2-3-12(13)18-7-8-4-9(15)5-11(16)14(8)19/h2-6,18-19H,7H2,1H3. The van der Waals surface area contributed by atoms with E-state index in [1.807, 2.05) is 0 Å². The first kappa shape index (κ1) is 14.8. The fourth-order valence-corrected chi connectivity index (χ4v) is 2.29. The number of ether oxygens (including phenoxy) is 1. The molecule has 0 heterocycles. The molecule has 3 nitrogen and oxygen atoms in total. The van der Waals surface area contributed by atoms with E-state index in [4.69, 9.17) is 27.9 Å². The summed E-state index contributed by atoms with van der Waals surface area (Å²) in [5, 5.41) is 13.5. The highest BCUT2D eigenvalue weighted by molar-refractivity contribution is 6.35. The Balaban J connectivity index is 2.21. The highest BCUT2D eigenvalue weighted by atomic mass is 35.5. The molecule has 6 heteroatoms. The molecule has 2 aromatic carbocycles. The zero-order chi connectivity index (χ0) is 14.7. The lowest BCUT2D eigenvalue weighted by molar-refractivity contribution is 0.413. The molecule has 0 saturated carbocycles. The van der Waals surface area contributed by atoms with Crippen LogP contribution >= 0.6 is 23.2 Å². The Morgan fingerprint density at radius 1 is 1.25 bits per heavy atom. The van der Waals surface area contributed by atoms with Crippen LogP contribution < -0.4 is 10.1 Å². The van der Waals surface area contributed by atoms with Gasteiger partial charge in [0.05, 0.1) is 17.8 Å². The predicted octanol–water partition coefficient (Wildman–Crippen LogP) is 4.46. The van der Waals surface area contributed by atoms with Crippen molar-refractivity contribution in [2.24, 2.45) is 0 Å². The molecule has 0 unspecified atom stereocenters. The topological polar surface area (TPSA) is 41.5 Å². The van der Waals surface area contributed by atoms with E-state index in [1.165, 1.54) is 25.3 Å². The van der Waals surface area contributed by atoms with Gasteiger partial charge in [-0.1, -0.05) is 23.2 Å². The third kappa shape index (κ3) is 3.26. The number of anilines is 1. The molecule has 0 aliphatic carbocycles. The minimum Gasteiger partial charge on any atom is -0.506 e. The molecule has 0 fully saturated rings. The Morgan fingerprint density at radius 2 is 2.00 bits per heavy atom. The van der Waals surface area contributed by atoms with Crippen molar-refractivity contribution in [3.05, 3.63) is 51.8 Å². The van der Waals surface area contributed by atoms with Gasteiger partial charge in [0.1, 0.15) is 17.3 Å². The van der Waals surface area contributed by atoms with Crippen molar-refractivity contribution in [2.75, 3.05) is 12.4 Å². The van der Waals surface area contributed by atoms with Gasteiger partial charge in [0.15, 0.2) is 0 Å². The van der Waals surface area contributed by atoms with E-state index in [0.29, 0.717) is 22.0 Å². The Hall–Kier alpha value is -1.65. The lowest BCUT2D eigenvalue weighted by Crippen LogP contribution is -2.02. The number of methoxy groups -OCH3 is 1. The smallest absolute Gasteiger partial charge is 0.144 e. The summed E-state index contributed by atoms with van der Waals surface area (Å²) in [6, 6.07) is 7.20. The van der Waals surface area contributed by atoms with Crippen LogP contribution in [0.2, 0.25) is 10.0 Å². The zero-order valence-corrected chi connectivity index (χ0v) is 12.1. The van der Waals surface area contributed by atoms with Gasteiger partial charge in [0.25, 0.3) is 0 Å². The van der Waals surface area contributed by atoms with E-state index in [0.717, 1.165) is 0 Å². The summed E-state index contributed by atoms with van der Waals surface area (Å²) in [6.45, 7) is 0.272. The maximum absolute atomic E-state index is 13.1. The van der Waals surface area contributed by atoms with Crippen LogP contribution in [0, 0.1) is 5.82 Å². The number of phenols is 1. The van der Waals surface area contributed by atoms with E-state index in [2.05, 4.69) is 5.32 Å². The average molecular weight is 316 g/mol. The van der Waals surface area contributed by atoms with E-state index in [-0.39, 0.29) is 23.1 Å². The Bertz CT molecular complexity index is 635. The Labute approximate surface area is 125 Å². The lowest BCUT2D eigenvalue weighted by Gasteiger charge is -2.13. The summed E-state index contributed by atoms with van der Waals surface area (Å²) in [4.78, 5) is 0. The van der Waals surface area contributed by atoms with Gasteiger partial charge in [-0.2, -0.15) is 0 Å². The predicted molar refractivity (Wildman–Crippen MR) is 78.4 cm³/mol. The van der Waals surface area contributed by atoms with Crippen LogP contribution in [0.4, 0.5) is 10.1 Å². The summed E-state index contributed by atoms with van der Waals surface area (Å²) >= 11 is 11.7. The molecule has 0 bridgehead atoms. The van der Waals surface area contributed by atoms with Gasteiger partial charge >= 0.3 is 0 Å². The molecule has 2 aromatic rings. The summed E-state index contributed by atoms with van der Waals surface area (Å²) < 4.78 is 18.2. The van der Waals surface area contributed by atoms with Crippen molar-refractivity contribution in [1.82, 2.24) is 0 Å². The van der Waals surface area contributed by atoms with Crippen molar-refractivity contribution in [3.63, 3.8) is 0 Å². The number of phenolic OH excluding ortho intramolecular Hbond substituents is 1. The van der Waals surface area contributed by atoms with E-state index >= 15 is 0 Å². The van der Waals surface area contributed by atoms with Crippen LogP contribution in [-0.4, -0.2) is 12.2 Å². The minimum atomic E-state index is -0.388. The van der Waals surface area contributed by atoms with Crippen LogP contribution in [0.25, 0.3) is 0 Å². The third-order valence-electron chi connectivity index (χ3n) is 2.74. The number of aromatic hydroxyl groups is 1.